The maximum atomic E-state index is 12.2. The van der Waals surface area contributed by atoms with Crippen LogP contribution in [0, 0.1) is 6.92 Å². The van der Waals surface area contributed by atoms with E-state index in [4.69, 9.17) is 9.47 Å². The molecule has 2 heterocycles. The van der Waals surface area contributed by atoms with Crippen LogP contribution in [0.4, 0.5) is 5.82 Å². The average Bonchev–Trinajstić information content (AvgIpc) is 2.76. The molecule has 0 aliphatic carbocycles. The highest BCUT2D eigenvalue weighted by Crippen LogP contribution is 2.27. The van der Waals surface area contributed by atoms with E-state index in [2.05, 4.69) is 20.2 Å². The van der Waals surface area contributed by atoms with Crippen LogP contribution >= 0.6 is 0 Å². The van der Waals surface area contributed by atoms with Gasteiger partial charge >= 0.3 is 0 Å². The first-order valence-electron chi connectivity index (χ1n) is 9.86. The minimum Gasteiger partial charge on any atom is -0.493 e. The SMILES string of the molecule is COc1ccc(/C=C/C(=O)NCc2nc(C)cc(N3CCCCC3)n2)cc1OC. The Hall–Kier alpha value is -3.09. The van der Waals surface area contributed by atoms with E-state index in [9.17, 15) is 4.79 Å². The first-order chi connectivity index (χ1) is 14.1. The fourth-order valence-electron chi connectivity index (χ4n) is 3.33. The van der Waals surface area contributed by atoms with Gasteiger partial charge in [-0.05, 0) is 50.0 Å². The van der Waals surface area contributed by atoms with Crippen molar-refractivity contribution in [3.63, 3.8) is 0 Å². The molecule has 1 aliphatic heterocycles. The lowest BCUT2D eigenvalue weighted by atomic mass is 10.1. The number of amides is 1. The van der Waals surface area contributed by atoms with Crippen molar-refractivity contribution in [2.24, 2.45) is 0 Å². The van der Waals surface area contributed by atoms with Gasteiger partial charge in [0, 0.05) is 30.9 Å². The van der Waals surface area contributed by atoms with E-state index in [1.807, 2.05) is 25.1 Å². The molecule has 1 N–H and O–H groups in total. The molecule has 3 rings (SSSR count). The van der Waals surface area contributed by atoms with Crippen molar-refractivity contribution in [3.8, 4) is 11.5 Å². The summed E-state index contributed by atoms with van der Waals surface area (Å²) in [6.45, 7) is 4.29. The van der Waals surface area contributed by atoms with E-state index in [1.165, 1.54) is 25.3 Å². The van der Waals surface area contributed by atoms with Crippen LogP contribution in [0.25, 0.3) is 6.08 Å². The van der Waals surface area contributed by atoms with Gasteiger partial charge in [-0.1, -0.05) is 6.07 Å². The number of ether oxygens (including phenoxy) is 2. The van der Waals surface area contributed by atoms with E-state index < -0.39 is 0 Å². The molecule has 1 amide bonds. The third-order valence-corrected chi connectivity index (χ3v) is 4.82. The number of aromatic nitrogens is 2. The molecule has 0 bridgehead atoms. The lowest BCUT2D eigenvalue weighted by molar-refractivity contribution is -0.116. The molecule has 1 fully saturated rings. The van der Waals surface area contributed by atoms with Gasteiger partial charge in [0.15, 0.2) is 11.5 Å². The second-order valence-electron chi connectivity index (χ2n) is 7.00. The van der Waals surface area contributed by atoms with Crippen molar-refractivity contribution in [1.29, 1.82) is 0 Å². The number of carbonyl (C=O) groups excluding carboxylic acids is 1. The third kappa shape index (κ3) is 5.70. The number of nitrogens with zero attached hydrogens (tertiary/aromatic N) is 3. The largest absolute Gasteiger partial charge is 0.493 e. The van der Waals surface area contributed by atoms with E-state index in [-0.39, 0.29) is 12.5 Å². The topological polar surface area (TPSA) is 76.6 Å². The first kappa shape index (κ1) is 20.6. The number of benzene rings is 1. The van der Waals surface area contributed by atoms with Crippen LogP contribution in [0.3, 0.4) is 0 Å². The number of piperidine rings is 1. The Morgan fingerprint density at radius 3 is 2.59 bits per heavy atom. The number of methoxy groups -OCH3 is 2. The number of anilines is 1. The lowest BCUT2D eigenvalue weighted by Crippen LogP contribution is -2.31. The fourth-order valence-corrected chi connectivity index (χ4v) is 3.33. The van der Waals surface area contributed by atoms with Crippen LogP contribution in [0.15, 0.2) is 30.3 Å². The minimum atomic E-state index is -0.204. The van der Waals surface area contributed by atoms with Crippen LogP contribution in [-0.2, 0) is 11.3 Å². The van der Waals surface area contributed by atoms with Crippen molar-refractivity contribution in [2.45, 2.75) is 32.7 Å². The molecular formula is C22H28N4O3. The second-order valence-corrected chi connectivity index (χ2v) is 7.00. The van der Waals surface area contributed by atoms with E-state index in [1.54, 1.807) is 26.4 Å². The summed E-state index contributed by atoms with van der Waals surface area (Å²) >= 11 is 0. The fraction of sp³-hybridized carbons (Fsp3) is 0.409. The molecule has 1 aliphatic rings. The first-order valence-corrected chi connectivity index (χ1v) is 9.86. The lowest BCUT2D eigenvalue weighted by Gasteiger charge is -2.28. The summed E-state index contributed by atoms with van der Waals surface area (Å²) in [5.41, 5.74) is 1.75. The van der Waals surface area contributed by atoms with Crippen molar-refractivity contribution >= 4 is 17.8 Å². The van der Waals surface area contributed by atoms with Gasteiger partial charge in [0.1, 0.15) is 11.6 Å². The van der Waals surface area contributed by atoms with Gasteiger partial charge in [-0.25, -0.2) is 9.97 Å². The molecule has 0 atom stereocenters. The van der Waals surface area contributed by atoms with Gasteiger partial charge in [-0.2, -0.15) is 0 Å². The van der Waals surface area contributed by atoms with Crippen molar-refractivity contribution < 1.29 is 14.3 Å². The molecule has 1 aromatic carbocycles. The predicted octanol–water partition coefficient (Wildman–Crippen LogP) is 3.12. The second kappa shape index (κ2) is 9.91. The molecule has 29 heavy (non-hydrogen) atoms. The molecule has 1 saturated heterocycles. The van der Waals surface area contributed by atoms with Gasteiger partial charge in [0.25, 0.3) is 0 Å². The van der Waals surface area contributed by atoms with Crippen LogP contribution in [-0.4, -0.2) is 43.2 Å². The molecule has 7 nitrogen and oxygen atoms in total. The Labute approximate surface area is 171 Å². The highest BCUT2D eigenvalue weighted by Gasteiger charge is 2.14. The average molecular weight is 396 g/mol. The van der Waals surface area contributed by atoms with Gasteiger partial charge in [0.2, 0.25) is 5.91 Å². The number of nitrogens with one attached hydrogen (secondary N) is 1. The maximum absolute atomic E-state index is 12.2. The van der Waals surface area contributed by atoms with E-state index >= 15 is 0 Å². The quantitative estimate of drug-likeness (QED) is 0.725. The molecule has 154 valence electrons. The van der Waals surface area contributed by atoms with Gasteiger partial charge in [-0.3, -0.25) is 4.79 Å². The standard InChI is InChI=1S/C22H28N4O3/c1-16-13-21(26-11-5-4-6-12-26)25-20(24-16)15-23-22(27)10-8-17-7-9-18(28-2)19(14-17)29-3/h7-10,13-14H,4-6,11-12,15H2,1-3H3,(H,23,27)/b10-8+. The molecule has 7 heteroatoms. The zero-order valence-corrected chi connectivity index (χ0v) is 17.3. The predicted molar refractivity (Wildman–Crippen MR) is 113 cm³/mol. The maximum Gasteiger partial charge on any atom is 0.244 e. The number of hydrogen-bond donors (Lipinski definition) is 1. The van der Waals surface area contributed by atoms with Gasteiger partial charge in [0.05, 0.1) is 20.8 Å². The van der Waals surface area contributed by atoms with Crippen molar-refractivity contribution in [3.05, 3.63) is 47.4 Å². The molecule has 0 radical (unpaired) electrons. The van der Waals surface area contributed by atoms with Crippen molar-refractivity contribution in [1.82, 2.24) is 15.3 Å². The molecule has 0 saturated carbocycles. The smallest absolute Gasteiger partial charge is 0.244 e. The zero-order chi connectivity index (χ0) is 20.6. The normalized spacial score (nSPS) is 14.1. The summed E-state index contributed by atoms with van der Waals surface area (Å²) in [6, 6.07) is 7.49. The third-order valence-electron chi connectivity index (χ3n) is 4.82. The Morgan fingerprint density at radius 2 is 1.86 bits per heavy atom. The highest BCUT2D eigenvalue weighted by molar-refractivity contribution is 5.91. The number of rotatable bonds is 7. The highest BCUT2D eigenvalue weighted by atomic mass is 16.5. The molecule has 2 aromatic rings. The van der Waals surface area contributed by atoms with Crippen LogP contribution in [0.5, 0.6) is 11.5 Å². The molecule has 0 unspecified atom stereocenters. The molecular weight excluding hydrogens is 368 g/mol. The monoisotopic (exact) mass is 396 g/mol. The summed E-state index contributed by atoms with van der Waals surface area (Å²) in [5.74, 6) is 2.63. The summed E-state index contributed by atoms with van der Waals surface area (Å²) in [4.78, 5) is 23.6. The molecule has 1 aromatic heterocycles. The Morgan fingerprint density at radius 1 is 1.10 bits per heavy atom. The Bertz CT molecular complexity index is 876. The molecule has 0 spiro atoms. The van der Waals surface area contributed by atoms with Crippen LogP contribution < -0.4 is 19.7 Å². The Kier molecular flexibility index (Phi) is 7.05. The number of carbonyl (C=O) groups is 1. The minimum absolute atomic E-state index is 0.204. The van der Waals surface area contributed by atoms with Crippen LogP contribution in [0.2, 0.25) is 0 Å². The van der Waals surface area contributed by atoms with E-state index in [0.29, 0.717) is 17.3 Å². The van der Waals surface area contributed by atoms with E-state index in [0.717, 1.165) is 30.2 Å². The summed E-state index contributed by atoms with van der Waals surface area (Å²) in [5, 5.41) is 2.85. The van der Waals surface area contributed by atoms with Crippen LogP contribution in [0.1, 0.15) is 36.3 Å². The summed E-state index contributed by atoms with van der Waals surface area (Å²) in [7, 11) is 3.17. The summed E-state index contributed by atoms with van der Waals surface area (Å²) < 4.78 is 10.5. The summed E-state index contributed by atoms with van der Waals surface area (Å²) in [6.07, 6.45) is 6.87. The van der Waals surface area contributed by atoms with Crippen molar-refractivity contribution in [2.75, 3.05) is 32.2 Å². The zero-order valence-electron chi connectivity index (χ0n) is 17.3. The van der Waals surface area contributed by atoms with Gasteiger partial charge < -0.3 is 19.7 Å². The Balaban J connectivity index is 1.60. The number of hydrogen-bond acceptors (Lipinski definition) is 6. The van der Waals surface area contributed by atoms with Gasteiger partial charge in [-0.15, -0.1) is 0 Å². The number of aryl methyl sites for hydroxylation is 1.